The quantitative estimate of drug-likeness (QED) is 0.350. The van der Waals surface area contributed by atoms with Gasteiger partial charge in [-0.2, -0.15) is 25.9 Å². The van der Waals surface area contributed by atoms with Crippen LogP contribution in [0.1, 0.15) is 25.0 Å². The lowest BCUT2D eigenvalue weighted by atomic mass is 10.2. The van der Waals surface area contributed by atoms with Crippen LogP contribution >= 0.6 is 0 Å². The number of benzene rings is 3. The van der Waals surface area contributed by atoms with Gasteiger partial charge in [0, 0.05) is 12.6 Å². The average molecular weight is 544 g/mol. The molecule has 0 fully saturated rings. The van der Waals surface area contributed by atoms with Gasteiger partial charge in [0.2, 0.25) is 10.0 Å². The SMILES string of the molecule is COc1ccc(S(=O)(=O)N(Cc2ccc(OS(=O)(=O)c3cccc(C(F)(F)F)c3)cc2)C(C)C)cc1. The number of methoxy groups -OCH3 is 1. The lowest BCUT2D eigenvalue weighted by Crippen LogP contribution is -2.36. The molecule has 3 aromatic rings. The Labute approximate surface area is 208 Å². The van der Waals surface area contributed by atoms with Crippen molar-refractivity contribution in [1.29, 1.82) is 0 Å². The molecule has 36 heavy (non-hydrogen) atoms. The normalized spacial score (nSPS) is 12.7. The van der Waals surface area contributed by atoms with Gasteiger partial charge in [0.25, 0.3) is 0 Å². The number of halogens is 3. The minimum atomic E-state index is -4.71. The lowest BCUT2D eigenvalue weighted by molar-refractivity contribution is -0.137. The summed E-state index contributed by atoms with van der Waals surface area (Å²) in [6, 6.07) is 14.4. The Hall–Kier alpha value is -3.09. The second kappa shape index (κ2) is 10.5. The van der Waals surface area contributed by atoms with Gasteiger partial charge in [0.1, 0.15) is 16.4 Å². The zero-order chi connectivity index (χ0) is 26.7. The van der Waals surface area contributed by atoms with Crippen molar-refractivity contribution in [1.82, 2.24) is 4.31 Å². The van der Waals surface area contributed by atoms with Crippen molar-refractivity contribution in [2.75, 3.05) is 7.11 Å². The molecule has 0 N–H and O–H groups in total. The Balaban J connectivity index is 1.79. The third-order valence-electron chi connectivity index (χ3n) is 5.16. The van der Waals surface area contributed by atoms with E-state index in [1.165, 1.54) is 47.8 Å². The third-order valence-corrected chi connectivity index (χ3v) is 8.44. The van der Waals surface area contributed by atoms with Crippen LogP contribution in [-0.2, 0) is 32.9 Å². The predicted molar refractivity (Wildman–Crippen MR) is 127 cm³/mol. The van der Waals surface area contributed by atoms with Crippen molar-refractivity contribution in [3.05, 3.63) is 83.9 Å². The summed E-state index contributed by atoms with van der Waals surface area (Å²) in [6.07, 6.45) is -4.71. The van der Waals surface area contributed by atoms with Crippen molar-refractivity contribution in [3.8, 4) is 11.5 Å². The Bertz CT molecular complexity index is 1400. The number of rotatable bonds is 9. The van der Waals surface area contributed by atoms with Crippen LogP contribution in [0.15, 0.2) is 82.6 Å². The zero-order valence-electron chi connectivity index (χ0n) is 19.6. The van der Waals surface area contributed by atoms with E-state index >= 15 is 0 Å². The first kappa shape index (κ1) is 27.5. The molecular weight excluding hydrogens is 519 g/mol. The van der Waals surface area contributed by atoms with Crippen LogP contribution in [0.25, 0.3) is 0 Å². The summed E-state index contributed by atoms with van der Waals surface area (Å²) in [6.45, 7) is 3.44. The highest BCUT2D eigenvalue weighted by atomic mass is 32.2. The Morgan fingerprint density at radius 3 is 1.94 bits per heavy atom. The summed E-state index contributed by atoms with van der Waals surface area (Å²) < 4.78 is 101. The summed E-state index contributed by atoms with van der Waals surface area (Å²) in [5.74, 6) is 0.381. The van der Waals surface area contributed by atoms with Crippen LogP contribution < -0.4 is 8.92 Å². The number of alkyl halides is 3. The van der Waals surface area contributed by atoms with Crippen molar-refractivity contribution >= 4 is 20.1 Å². The van der Waals surface area contributed by atoms with Crippen LogP contribution in [-0.4, -0.2) is 34.3 Å². The molecule has 0 aliphatic carbocycles. The van der Waals surface area contributed by atoms with Gasteiger partial charge in [0.05, 0.1) is 17.6 Å². The number of nitrogens with zero attached hydrogens (tertiary/aromatic N) is 1. The smallest absolute Gasteiger partial charge is 0.416 e. The average Bonchev–Trinajstić information content (AvgIpc) is 2.82. The summed E-state index contributed by atoms with van der Waals surface area (Å²) >= 11 is 0. The molecule has 0 amide bonds. The lowest BCUT2D eigenvalue weighted by Gasteiger charge is -2.26. The molecule has 0 atom stereocenters. The van der Waals surface area contributed by atoms with E-state index in [0.29, 0.717) is 17.4 Å². The Kier molecular flexibility index (Phi) is 8.01. The van der Waals surface area contributed by atoms with E-state index in [0.717, 1.165) is 18.2 Å². The first-order chi connectivity index (χ1) is 16.7. The van der Waals surface area contributed by atoms with Crippen molar-refractivity contribution < 1.29 is 38.9 Å². The molecular formula is C24H24F3NO6S2. The molecule has 0 spiro atoms. The highest BCUT2D eigenvalue weighted by molar-refractivity contribution is 7.89. The first-order valence-electron chi connectivity index (χ1n) is 10.6. The fourth-order valence-corrected chi connectivity index (χ4v) is 5.86. The molecule has 0 saturated heterocycles. The highest BCUT2D eigenvalue weighted by Crippen LogP contribution is 2.31. The van der Waals surface area contributed by atoms with Crippen molar-refractivity contribution in [2.24, 2.45) is 0 Å². The van der Waals surface area contributed by atoms with E-state index in [4.69, 9.17) is 8.92 Å². The number of ether oxygens (including phenoxy) is 1. The van der Waals surface area contributed by atoms with Crippen molar-refractivity contribution in [2.45, 2.75) is 42.4 Å². The van der Waals surface area contributed by atoms with Gasteiger partial charge in [-0.25, -0.2) is 8.42 Å². The van der Waals surface area contributed by atoms with E-state index in [2.05, 4.69) is 0 Å². The fraction of sp³-hybridized carbons (Fsp3) is 0.250. The molecule has 0 aromatic heterocycles. The van der Waals surface area contributed by atoms with Gasteiger partial charge in [0.15, 0.2) is 0 Å². The molecule has 0 saturated carbocycles. The van der Waals surface area contributed by atoms with E-state index in [1.807, 2.05) is 0 Å². The standard InChI is InChI=1S/C24H24F3NO6S2/c1-17(2)28(35(29,30)22-13-11-20(33-3)12-14-22)16-18-7-9-21(10-8-18)34-36(31,32)23-6-4-5-19(15-23)24(25,26)27/h4-15,17H,16H2,1-3H3. The van der Waals surface area contributed by atoms with Crippen LogP contribution in [0.5, 0.6) is 11.5 Å². The van der Waals surface area contributed by atoms with E-state index in [-0.39, 0.29) is 17.2 Å². The molecule has 7 nitrogen and oxygen atoms in total. The second-order valence-corrected chi connectivity index (χ2v) is 11.5. The molecule has 0 heterocycles. The molecule has 0 aliphatic heterocycles. The number of hydrogen-bond donors (Lipinski definition) is 0. The number of hydrogen-bond acceptors (Lipinski definition) is 6. The van der Waals surface area contributed by atoms with Gasteiger partial charge in [-0.05, 0) is 74.0 Å². The molecule has 3 aromatic carbocycles. The zero-order valence-corrected chi connectivity index (χ0v) is 21.2. The third kappa shape index (κ3) is 6.37. The van der Waals surface area contributed by atoms with Gasteiger partial charge in [-0.1, -0.05) is 18.2 Å². The summed E-state index contributed by atoms with van der Waals surface area (Å²) in [4.78, 5) is -0.554. The maximum absolute atomic E-state index is 13.2. The van der Waals surface area contributed by atoms with Crippen LogP contribution in [0, 0.1) is 0 Å². The molecule has 0 aliphatic rings. The van der Waals surface area contributed by atoms with Gasteiger partial charge < -0.3 is 8.92 Å². The molecule has 0 unspecified atom stereocenters. The summed E-state index contributed by atoms with van der Waals surface area (Å²) in [5, 5.41) is 0. The second-order valence-electron chi connectivity index (χ2n) is 8.03. The Morgan fingerprint density at radius 1 is 0.833 bits per heavy atom. The van der Waals surface area contributed by atoms with Crippen LogP contribution in [0.2, 0.25) is 0 Å². The molecule has 3 rings (SSSR count). The Morgan fingerprint density at radius 2 is 1.42 bits per heavy atom. The minimum absolute atomic E-state index is 0.00725. The molecule has 0 bridgehead atoms. The van der Waals surface area contributed by atoms with E-state index < -0.39 is 42.8 Å². The molecule has 12 heteroatoms. The van der Waals surface area contributed by atoms with Crippen molar-refractivity contribution in [3.63, 3.8) is 0 Å². The van der Waals surface area contributed by atoms with Crippen LogP contribution in [0.3, 0.4) is 0 Å². The fourth-order valence-electron chi connectivity index (χ4n) is 3.26. The summed E-state index contributed by atoms with van der Waals surface area (Å²) in [5.41, 5.74) is -0.570. The predicted octanol–water partition coefficient (Wildman–Crippen LogP) is 5.08. The first-order valence-corrected chi connectivity index (χ1v) is 13.5. The monoisotopic (exact) mass is 543 g/mol. The van der Waals surface area contributed by atoms with Crippen LogP contribution in [0.4, 0.5) is 13.2 Å². The maximum atomic E-state index is 13.2. The topological polar surface area (TPSA) is 90.0 Å². The highest BCUT2D eigenvalue weighted by Gasteiger charge is 2.32. The molecule has 194 valence electrons. The molecule has 0 radical (unpaired) electrons. The largest absolute Gasteiger partial charge is 0.497 e. The number of sulfonamides is 1. The minimum Gasteiger partial charge on any atom is -0.497 e. The van der Waals surface area contributed by atoms with E-state index in [9.17, 15) is 30.0 Å². The van der Waals surface area contributed by atoms with Gasteiger partial charge >= 0.3 is 16.3 Å². The summed E-state index contributed by atoms with van der Waals surface area (Å²) in [7, 11) is -6.91. The van der Waals surface area contributed by atoms with Gasteiger partial charge in [-0.15, -0.1) is 0 Å². The van der Waals surface area contributed by atoms with Gasteiger partial charge in [-0.3, -0.25) is 0 Å². The maximum Gasteiger partial charge on any atom is 0.416 e. The van der Waals surface area contributed by atoms with E-state index in [1.54, 1.807) is 26.0 Å².